The third kappa shape index (κ3) is 2.90. The van der Waals surface area contributed by atoms with E-state index < -0.39 is 0 Å². The van der Waals surface area contributed by atoms with Crippen molar-refractivity contribution in [1.82, 2.24) is 0 Å². The number of benzene rings is 1. The van der Waals surface area contributed by atoms with Crippen molar-refractivity contribution in [2.75, 3.05) is 18.5 Å². The topological polar surface area (TPSA) is 47.6 Å². The second kappa shape index (κ2) is 5.08. The van der Waals surface area contributed by atoms with Crippen molar-refractivity contribution in [1.29, 1.82) is 0 Å². The summed E-state index contributed by atoms with van der Waals surface area (Å²) in [5.41, 5.74) is 2.10. The lowest BCUT2D eigenvalue weighted by Crippen LogP contribution is -2.34. The van der Waals surface area contributed by atoms with Crippen LogP contribution < -0.4 is 10.1 Å². The summed E-state index contributed by atoms with van der Waals surface area (Å²) in [7, 11) is 0. The minimum atomic E-state index is -0.191. The second-order valence-corrected chi connectivity index (χ2v) is 4.16. The highest BCUT2D eigenvalue weighted by molar-refractivity contribution is 5.71. The SMILES string of the molecule is CCOC(=O)C[C@@H]1COc2cc(C)ccc2N1. The Bertz CT molecular complexity index is 417. The molecule has 0 bridgehead atoms. The highest BCUT2D eigenvalue weighted by Gasteiger charge is 2.21. The molecule has 4 heteroatoms. The van der Waals surface area contributed by atoms with E-state index in [0.29, 0.717) is 19.6 Å². The molecule has 0 saturated heterocycles. The smallest absolute Gasteiger partial charge is 0.307 e. The lowest BCUT2D eigenvalue weighted by atomic mass is 10.1. The molecule has 92 valence electrons. The number of hydrogen-bond donors (Lipinski definition) is 1. The number of aryl methyl sites for hydroxylation is 1. The van der Waals surface area contributed by atoms with Gasteiger partial charge in [0.15, 0.2) is 0 Å². The summed E-state index contributed by atoms with van der Waals surface area (Å²) < 4.78 is 10.5. The lowest BCUT2D eigenvalue weighted by Gasteiger charge is -2.27. The maximum Gasteiger partial charge on any atom is 0.307 e. The maximum absolute atomic E-state index is 11.4. The summed E-state index contributed by atoms with van der Waals surface area (Å²) in [6, 6.07) is 5.97. The van der Waals surface area contributed by atoms with Gasteiger partial charge in [-0.2, -0.15) is 0 Å². The number of nitrogens with one attached hydrogen (secondary N) is 1. The van der Waals surface area contributed by atoms with Crippen LogP contribution in [0.15, 0.2) is 18.2 Å². The van der Waals surface area contributed by atoms with Gasteiger partial charge in [-0.05, 0) is 31.5 Å². The van der Waals surface area contributed by atoms with Gasteiger partial charge in [0.25, 0.3) is 0 Å². The second-order valence-electron chi connectivity index (χ2n) is 4.16. The molecule has 1 aliphatic heterocycles. The molecule has 1 aliphatic rings. The van der Waals surface area contributed by atoms with Crippen molar-refractivity contribution in [3.8, 4) is 5.75 Å². The molecule has 1 aromatic carbocycles. The molecule has 0 spiro atoms. The number of hydrogen-bond acceptors (Lipinski definition) is 4. The monoisotopic (exact) mass is 235 g/mol. The van der Waals surface area contributed by atoms with Crippen LogP contribution in [0.1, 0.15) is 18.9 Å². The average molecular weight is 235 g/mol. The largest absolute Gasteiger partial charge is 0.489 e. The molecule has 0 amide bonds. The van der Waals surface area contributed by atoms with E-state index >= 15 is 0 Å². The van der Waals surface area contributed by atoms with Gasteiger partial charge in [-0.15, -0.1) is 0 Å². The fraction of sp³-hybridized carbons (Fsp3) is 0.462. The molecule has 0 saturated carbocycles. The van der Waals surface area contributed by atoms with Crippen LogP contribution in [0.5, 0.6) is 5.75 Å². The standard InChI is InChI=1S/C13H17NO3/c1-3-16-13(15)7-10-8-17-12-6-9(2)4-5-11(12)14-10/h4-6,10,14H,3,7-8H2,1-2H3/t10-/m1/s1. The Morgan fingerprint density at radius 1 is 1.59 bits per heavy atom. The van der Waals surface area contributed by atoms with Gasteiger partial charge in [-0.25, -0.2) is 0 Å². The molecule has 1 N–H and O–H groups in total. The predicted octanol–water partition coefficient (Wildman–Crippen LogP) is 2.12. The highest BCUT2D eigenvalue weighted by atomic mass is 16.5. The summed E-state index contributed by atoms with van der Waals surface area (Å²) in [6.07, 6.45) is 0.334. The van der Waals surface area contributed by atoms with Crippen molar-refractivity contribution in [3.63, 3.8) is 0 Å². The number of ether oxygens (including phenoxy) is 2. The summed E-state index contributed by atoms with van der Waals surface area (Å²) in [5, 5.41) is 3.29. The van der Waals surface area contributed by atoms with Crippen LogP contribution in [0.3, 0.4) is 0 Å². The van der Waals surface area contributed by atoms with Crippen LogP contribution in [-0.4, -0.2) is 25.2 Å². The molecular weight excluding hydrogens is 218 g/mol. The first kappa shape index (κ1) is 11.8. The Morgan fingerprint density at radius 2 is 2.41 bits per heavy atom. The summed E-state index contributed by atoms with van der Waals surface area (Å²) in [5.74, 6) is 0.661. The Hall–Kier alpha value is -1.71. The lowest BCUT2D eigenvalue weighted by molar-refractivity contribution is -0.143. The highest BCUT2D eigenvalue weighted by Crippen LogP contribution is 2.30. The Morgan fingerprint density at radius 3 is 3.18 bits per heavy atom. The molecule has 0 radical (unpaired) electrons. The minimum Gasteiger partial charge on any atom is -0.489 e. The Kier molecular flexibility index (Phi) is 3.52. The van der Waals surface area contributed by atoms with Crippen molar-refractivity contribution < 1.29 is 14.3 Å². The van der Waals surface area contributed by atoms with Crippen LogP contribution in [0.4, 0.5) is 5.69 Å². The van der Waals surface area contributed by atoms with Crippen molar-refractivity contribution in [3.05, 3.63) is 23.8 Å². The quantitative estimate of drug-likeness (QED) is 0.815. The van der Waals surface area contributed by atoms with Crippen LogP contribution in [0.2, 0.25) is 0 Å². The third-order valence-corrected chi connectivity index (χ3v) is 2.66. The molecule has 1 heterocycles. The van der Waals surface area contributed by atoms with Gasteiger partial charge in [-0.1, -0.05) is 6.07 Å². The number of carbonyl (C=O) groups is 1. The van der Waals surface area contributed by atoms with Crippen LogP contribution in [0.25, 0.3) is 0 Å². The number of carbonyl (C=O) groups excluding carboxylic acids is 1. The van der Waals surface area contributed by atoms with Crippen LogP contribution in [-0.2, 0) is 9.53 Å². The number of fused-ring (bicyclic) bond motifs is 1. The van der Waals surface area contributed by atoms with E-state index in [1.165, 1.54) is 0 Å². The summed E-state index contributed by atoms with van der Waals surface area (Å²) in [4.78, 5) is 11.4. The van der Waals surface area contributed by atoms with Gasteiger partial charge < -0.3 is 14.8 Å². The fourth-order valence-electron chi connectivity index (χ4n) is 1.85. The van der Waals surface area contributed by atoms with Crippen LogP contribution >= 0.6 is 0 Å². The van der Waals surface area contributed by atoms with E-state index in [-0.39, 0.29) is 12.0 Å². The third-order valence-electron chi connectivity index (χ3n) is 2.66. The molecule has 0 unspecified atom stereocenters. The van der Waals surface area contributed by atoms with E-state index in [4.69, 9.17) is 9.47 Å². The van der Waals surface area contributed by atoms with Gasteiger partial charge >= 0.3 is 5.97 Å². The number of esters is 1. The molecular formula is C13H17NO3. The van der Waals surface area contributed by atoms with E-state index in [0.717, 1.165) is 17.0 Å². The summed E-state index contributed by atoms with van der Waals surface area (Å²) >= 11 is 0. The average Bonchev–Trinajstić information content (AvgIpc) is 2.29. The van der Waals surface area contributed by atoms with Crippen molar-refractivity contribution in [2.45, 2.75) is 26.3 Å². The zero-order valence-corrected chi connectivity index (χ0v) is 10.2. The van der Waals surface area contributed by atoms with E-state index in [2.05, 4.69) is 5.32 Å². The number of rotatable bonds is 3. The van der Waals surface area contributed by atoms with Gasteiger partial charge in [-0.3, -0.25) is 4.79 Å². The van der Waals surface area contributed by atoms with Gasteiger partial charge in [0, 0.05) is 0 Å². The zero-order valence-electron chi connectivity index (χ0n) is 10.2. The molecule has 0 aromatic heterocycles. The van der Waals surface area contributed by atoms with Gasteiger partial charge in [0.1, 0.15) is 12.4 Å². The first-order valence-corrected chi connectivity index (χ1v) is 5.84. The molecule has 0 fully saturated rings. The Balaban J connectivity index is 1.99. The van der Waals surface area contributed by atoms with E-state index in [9.17, 15) is 4.79 Å². The molecule has 1 atom stereocenters. The first-order chi connectivity index (χ1) is 8.19. The normalized spacial score (nSPS) is 17.6. The van der Waals surface area contributed by atoms with Crippen molar-refractivity contribution in [2.24, 2.45) is 0 Å². The molecule has 0 aliphatic carbocycles. The molecule has 4 nitrogen and oxygen atoms in total. The minimum absolute atomic E-state index is 0.00995. The fourth-order valence-corrected chi connectivity index (χ4v) is 1.85. The zero-order chi connectivity index (χ0) is 12.3. The predicted molar refractivity (Wildman–Crippen MR) is 65.3 cm³/mol. The molecule has 1 aromatic rings. The first-order valence-electron chi connectivity index (χ1n) is 5.84. The van der Waals surface area contributed by atoms with Gasteiger partial charge in [0.05, 0.1) is 24.8 Å². The number of anilines is 1. The van der Waals surface area contributed by atoms with Crippen LogP contribution in [0, 0.1) is 6.92 Å². The summed E-state index contributed by atoms with van der Waals surface area (Å²) in [6.45, 7) is 4.74. The molecule has 2 rings (SSSR count). The van der Waals surface area contributed by atoms with E-state index in [1.807, 2.05) is 25.1 Å². The van der Waals surface area contributed by atoms with E-state index in [1.54, 1.807) is 6.92 Å². The van der Waals surface area contributed by atoms with Crippen molar-refractivity contribution >= 4 is 11.7 Å². The molecule has 17 heavy (non-hydrogen) atoms. The van der Waals surface area contributed by atoms with Gasteiger partial charge in [0.2, 0.25) is 0 Å². The Labute approximate surface area is 101 Å². The maximum atomic E-state index is 11.4.